The van der Waals surface area contributed by atoms with E-state index >= 15 is 0 Å². The van der Waals surface area contributed by atoms with E-state index in [1.807, 2.05) is 0 Å². The van der Waals surface area contributed by atoms with Gasteiger partial charge in [-0.1, -0.05) is 0 Å². The number of primary amides is 1. The minimum atomic E-state index is -0.788. The highest BCUT2D eigenvalue weighted by Crippen LogP contribution is 2.09. The molecule has 0 atom stereocenters. The largest absolute Gasteiger partial charge is 0.405 e. The number of amides is 1. The lowest BCUT2D eigenvalue weighted by atomic mass is 10.4. The molecule has 2 N–H and O–H groups in total. The Morgan fingerprint density at radius 1 is 1.38 bits per heavy atom. The molecule has 0 fully saturated rings. The van der Waals surface area contributed by atoms with Crippen LogP contribution < -0.4 is 10.5 Å². The molecule has 0 aliphatic rings. The van der Waals surface area contributed by atoms with Crippen LogP contribution in [-0.2, 0) is 4.79 Å². The van der Waals surface area contributed by atoms with Crippen LogP contribution >= 0.6 is 0 Å². The lowest BCUT2D eigenvalue weighted by Gasteiger charge is -2.01. The van der Waals surface area contributed by atoms with Gasteiger partial charge in [0.25, 0.3) is 11.8 Å². The van der Waals surface area contributed by atoms with Gasteiger partial charge in [0, 0.05) is 19.3 Å². The van der Waals surface area contributed by atoms with E-state index in [1.165, 1.54) is 19.3 Å². The van der Waals surface area contributed by atoms with E-state index in [0.29, 0.717) is 0 Å². The summed E-state index contributed by atoms with van der Waals surface area (Å²) in [4.78, 5) is 28.5. The van der Waals surface area contributed by atoms with Gasteiger partial charge < -0.3 is 10.5 Å². The average molecular weight is 181 g/mol. The van der Waals surface area contributed by atoms with Crippen molar-refractivity contribution in [2.24, 2.45) is 5.73 Å². The number of nitrogens with two attached hydrogens (primary N) is 1. The number of carbonyl (C=O) groups is 2. The first-order valence-electron chi connectivity index (χ1n) is 3.40. The lowest BCUT2D eigenvalue weighted by Crippen LogP contribution is -2.17. The van der Waals surface area contributed by atoms with Crippen LogP contribution in [0.15, 0.2) is 12.4 Å². The molecule has 0 saturated heterocycles. The molecule has 1 heterocycles. The maximum absolute atomic E-state index is 10.7. The molecule has 0 unspecified atom stereocenters. The smallest absolute Gasteiger partial charge is 0.309 e. The Morgan fingerprint density at radius 2 is 2.00 bits per heavy atom. The fourth-order valence-electron chi connectivity index (χ4n) is 0.705. The van der Waals surface area contributed by atoms with E-state index in [-0.39, 0.29) is 11.6 Å². The molecular weight excluding hydrogens is 174 g/mol. The highest BCUT2D eigenvalue weighted by molar-refractivity contribution is 5.93. The van der Waals surface area contributed by atoms with Crippen LogP contribution in [-0.4, -0.2) is 21.8 Å². The van der Waals surface area contributed by atoms with Crippen LogP contribution in [0.25, 0.3) is 0 Å². The molecule has 1 aromatic rings. The van der Waals surface area contributed by atoms with Crippen molar-refractivity contribution in [2.75, 3.05) is 0 Å². The summed E-state index contributed by atoms with van der Waals surface area (Å²) in [6, 6.07) is 0. The maximum Gasteiger partial charge on any atom is 0.309 e. The molecule has 1 aromatic heterocycles. The Hall–Kier alpha value is -1.98. The van der Waals surface area contributed by atoms with Gasteiger partial charge in [0.2, 0.25) is 0 Å². The van der Waals surface area contributed by atoms with E-state index in [9.17, 15) is 9.59 Å². The molecule has 0 saturated carbocycles. The Labute approximate surface area is 73.7 Å². The molecular formula is C7H7N3O3. The van der Waals surface area contributed by atoms with Crippen molar-refractivity contribution in [3.63, 3.8) is 0 Å². The predicted molar refractivity (Wildman–Crippen MR) is 41.9 cm³/mol. The van der Waals surface area contributed by atoms with Gasteiger partial charge in [0.15, 0.2) is 5.69 Å². The zero-order chi connectivity index (χ0) is 9.84. The molecule has 1 rings (SSSR count). The van der Waals surface area contributed by atoms with Crippen molar-refractivity contribution in [3.05, 3.63) is 18.1 Å². The third-order valence-electron chi connectivity index (χ3n) is 1.14. The van der Waals surface area contributed by atoms with Crippen molar-refractivity contribution in [3.8, 4) is 5.88 Å². The molecule has 68 valence electrons. The second kappa shape index (κ2) is 3.61. The Bertz CT molecular complexity index is 351. The van der Waals surface area contributed by atoms with E-state index in [0.717, 1.165) is 0 Å². The number of aromatic nitrogens is 2. The van der Waals surface area contributed by atoms with Crippen LogP contribution in [0.3, 0.4) is 0 Å². The first-order chi connectivity index (χ1) is 6.11. The summed E-state index contributed by atoms with van der Waals surface area (Å²) in [6.45, 7) is 1.19. The van der Waals surface area contributed by atoms with Gasteiger partial charge >= 0.3 is 5.97 Å². The zero-order valence-corrected chi connectivity index (χ0v) is 6.85. The minimum Gasteiger partial charge on any atom is -0.405 e. The third-order valence-corrected chi connectivity index (χ3v) is 1.14. The van der Waals surface area contributed by atoms with E-state index in [4.69, 9.17) is 5.73 Å². The van der Waals surface area contributed by atoms with Crippen LogP contribution in [0.4, 0.5) is 0 Å². The summed E-state index contributed by atoms with van der Waals surface area (Å²) in [5.74, 6) is -1.53. The van der Waals surface area contributed by atoms with Gasteiger partial charge in [-0.2, -0.15) is 0 Å². The molecule has 1 amide bonds. The molecule has 0 aromatic carbocycles. The average Bonchev–Trinajstić information content (AvgIpc) is 2.03. The van der Waals surface area contributed by atoms with Crippen LogP contribution in [0.1, 0.15) is 17.4 Å². The molecule has 0 aliphatic carbocycles. The first-order valence-corrected chi connectivity index (χ1v) is 3.40. The number of carbonyl (C=O) groups excluding carboxylic acids is 2. The fraction of sp³-hybridized carbons (Fsp3) is 0.143. The highest BCUT2D eigenvalue weighted by atomic mass is 16.5. The summed E-state index contributed by atoms with van der Waals surface area (Å²) < 4.78 is 4.59. The second-order valence-electron chi connectivity index (χ2n) is 2.17. The normalized spacial score (nSPS) is 9.31. The van der Waals surface area contributed by atoms with E-state index < -0.39 is 11.9 Å². The van der Waals surface area contributed by atoms with E-state index in [2.05, 4.69) is 14.7 Å². The van der Waals surface area contributed by atoms with Gasteiger partial charge in [0.05, 0.1) is 0 Å². The lowest BCUT2D eigenvalue weighted by molar-refractivity contribution is -0.132. The standard InChI is InChI=1S/C7H7N3O3/c1-4(11)13-7-5(6(8)12)9-2-3-10-7/h2-3H,1H3,(H2,8,12). The molecule has 13 heavy (non-hydrogen) atoms. The summed E-state index contributed by atoms with van der Waals surface area (Å²) in [6.07, 6.45) is 2.58. The highest BCUT2D eigenvalue weighted by Gasteiger charge is 2.13. The summed E-state index contributed by atoms with van der Waals surface area (Å²) in [5.41, 5.74) is 4.80. The third kappa shape index (κ3) is 2.22. The SMILES string of the molecule is CC(=O)Oc1nccnc1C(N)=O. The van der Waals surface area contributed by atoms with Gasteiger partial charge in [-0.3, -0.25) is 9.59 Å². The monoisotopic (exact) mass is 181 g/mol. The number of esters is 1. The Morgan fingerprint density at radius 3 is 2.54 bits per heavy atom. The fourth-order valence-corrected chi connectivity index (χ4v) is 0.705. The quantitative estimate of drug-likeness (QED) is 0.620. The number of rotatable bonds is 2. The zero-order valence-electron chi connectivity index (χ0n) is 6.85. The molecule has 0 spiro atoms. The molecule has 0 aliphatic heterocycles. The first kappa shape index (κ1) is 9.11. The number of nitrogens with zero attached hydrogens (tertiary/aromatic N) is 2. The van der Waals surface area contributed by atoms with Gasteiger partial charge in [0.1, 0.15) is 0 Å². The topological polar surface area (TPSA) is 95.2 Å². The number of ether oxygens (including phenoxy) is 1. The van der Waals surface area contributed by atoms with Crippen molar-refractivity contribution < 1.29 is 14.3 Å². The summed E-state index contributed by atoms with van der Waals surface area (Å²) in [7, 11) is 0. The predicted octanol–water partition coefficient (Wildman–Crippen LogP) is -0.499. The van der Waals surface area contributed by atoms with Crippen molar-refractivity contribution >= 4 is 11.9 Å². The van der Waals surface area contributed by atoms with Gasteiger partial charge in [-0.05, 0) is 0 Å². The van der Waals surface area contributed by atoms with Gasteiger partial charge in [-0.25, -0.2) is 9.97 Å². The molecule has 0 radical (unpaired) electrons. The number of hydrogen-bond acceptors (Lipinski definition) is 5. The minimum absolute atomic E-state index is 0.155. The Kier molecular flexibility index (Phi) is 2.53. The summed E-state index contributed by atoms with van der Waals surface area (Å²) in [5, 5.41) is 0. The van der Waals surface area contributed by atoms with Gasteiger partial charge in [-0.15, -0.1) is 0 Å². The molecule has 0 bridgehead atoms. The van der Waals surface area contributed by atoms with Crippen molar-refractivity contribution in [1.29, 1.82) is 0 Å². The van der Waals surface area contributed by atoms with E-state index in [1.54, 1.807) is 0 Å². The second-order valence-corrected chi connectivity index (χ2v) is 2.17. The summed E-state index contributed by atoms with van der Waals surface area (Å²) >= 11 is 0. The molecule has 6 heteroatoms. The van der Waals surface area contributed by atoms with Crippen LogP contribution in [0.2, 0.25) is 0 Å². The molecule has 6 nitrogen and oxygen atoms in total. The van der Waals surface area contributed by atoms with Crippen LogP contribution in [0.5, 0.6) is 5.88 Å². The van der Waals surface area contributed by atoms with Crippen LogP contribution in [0, 0.1) is 0 Å². The number of hydrogen-bond donors (Lipinski definition) is 1. The van der Waals surface area contributed by atoms with Crippen molar-refractivity contribution in [1.82, 2.24) is 9.97 Å². The van der Waals surface area contributed by atoms with Crippen molar-refractivity contribution in [2.45, 2.75) is 6.92 Å². The maximum atomic E-state index is 10.7. The Balaban J connectivity index is 3.04.